The lowest BCUT2D eigenvalue weighted by molar-refractivity contribution is -0.152. The van der Waals surface area contributed by atoms with Crippen molar-refractivity contribution in [3.63, 3.8) is 0 Å². The number of carbonyl (C=O) groups is 1. The zero-order chi connectivity index (χ0) is 9.19. The molecule has 0 aromatic carbocycles. The standard InChI is InChI=1S/C9H13NO2/c1-3-12-8(11)9(2,6-10)7-4-5-7/h7H,3-5H2,1-2H3. The highest BCUT2D eigenvalue weighted by Gasteiger charge is 2.48. The first-order chi connectivity index (χ1) is 5.65. The molecule has 0 aliphatic heterocycles. The molecule has 1 aliphatic rings. The second kappa shape index (κ2) is 3.14. The molecule has 0 radical (unpaired) electrons. The first-order valence-electron chi connectivity index (χ1n) is 4.23. The lowest BCUT2D eigenvalue weighted by atomic mass is 9.87. The fourth-order valence-electron chi connectivity index (χ4n) is 1.25. The number of carbonyl (C=O) groups excluding carboxylic acids is 1. The fraction of sp³-hybridized carbons (Fsp3) is 0.778. The number of esters is 1. The summed E-state index contributed by atoms with van der Waals surface area (Å²) in [7, 11) is 0. The van der Waals surface area contributed by atoms with Crippen molar-refractivity contribution in [2.24, 2.45) is 11.3 Å². The number of nitrogens with zero attached hydrogens (tertiary/aromatic N) is 1. The monoisotopic (exact) mass is 167 g/mol. The Labute approximate surface area is 72.3 Å². The van der Waals surface area contributed by atoms with Gasteiger partial charge in [-0.2, -0.15) is 5.26 Å². The van der Waals surface area contributed by atoms with Crippen LogP contribution >= 0.6 is 0 Å². The predicted molar refractivity (Wildman–Crippen MR) is 43.1 cm³/mol. The van der Waals surface area contributed by atoms with Crippen molar-refractivity contribution in [2.75, 3.05) is 6.61 Å². The maximum atomic E-state index is 11.3. The van der Waals surface area contributed by atoms with E-state index in [0.29, 0.717) is 6.61 Å². The molecule has 1 unspecified atom stereocenters. The molecule has 1 rings (SSSR count). The van der Waals surface area contributed by atoms with Gasteiger partial charge < -0.3 is 4.74 Å². The van der Waals surface area contributed by atoms with Gasteiger partial charge in [-0.3, -0.25) is 4.79 Å². The van der Waals surface area contributed by atoms with Gasteiger partial charge in [-0.25, -0.2) is 0 Å². The summed E-state index contributed by atoms with van der Waals surface area (Å²) >= 11 is 0. The Morgan fingerprint density at radius 1 is 1.75 bits per heavy atom. The molecular weight excluding hydrogens is 154 g/mol. The smallest absolute Gasteiger partial charge is 0.326 e. The van der Waals surface area contributed by atoms with Gasteiger partial charge in [0, 0.05) is 0 Å². The van der Waals surface area contributed by atoms with E-state index in [1.165, 1.54) is 0 Å². The summed E-state index contributed by atoms with van der Waals surface area (Å²) in [5.74, 6) is -0.142. The molecule has 0 N–H and O–H groups in total. The van der Waals surface area contributed by atoms with Crippen molar-refractivity contribution in [1.29, 1.82) is 5.26 Å². The van der Waals surface area contributed by atoms with Crippen LogP contribution in [0.5, 0.6) is 0 Å². The lowest BCUT2D eigenvalue weighted by Crippen LogP contribution is -2.30. The van der Waals surface area contributed by atoms with Gasteiger partial charge in [0.1, 0.15) is 0 Å². The van der Waals surface area contributed by atoms with E-state index in [1.807, 2.05) is 0 Å². The third-order valence-electron chi connectivity index (χ3n) is 2.33. The molecule has 0 aromatic heterocycles. The van der Waals surface area contributed by atoms with E-state index >= 15 is 0 Å². The van der Waals surface area contributed by atoms with Crippen molar-refractivity contribution in [1.82, 2.24) is 0 Å². The quantitative estimate of drug-likeness (QED) is 0.598. The third-order valence-corrected chi connectivity index (χ3v) is 2.33. The topological polar surface area (TPSA) is 50.1 Å². The molecule has 0 amide bonds. The number of rotatable bonds is 3. The highest BCUT2D eigenvalue weighted by Crippen LogP contribution is 2.45. The molecule has 66 valence electrons. The Bertz CT molecular complexity index is 227. The lowest BCUT2D eigenvalue weighted by Gasteiger charge is -2.17. The Hall–Kier alpha value is -1.04. The molecule has 1 saturated carbocycles. The first kappa shape index (κ1) is 9.05. The molecule has 12 heavy (non-hydrogen) atoms. The summed E-state index contributed by atoms with van der Waals surface area (Å²) < 4.78 is 4.84. The first-order valence-corrected chi connectivity index (χ1v) is 4.23. The van der Waals surface area contributed by atoms with Gasteiger partial charge in [0.2, 0.25) is 0 Å². The zero-order valence-corrected chi connectivity index (χ0v) is 7.46. The Balaban J connectivity index is 2.66. The molecule has 0 spiro atoms. The van der Waals surface area contributed by atoms with E-state index < -0.39 is 5.41 Å². The van der Waals surface area contributed by atoms with E-state index in [9.17, 15) is 4.79 Å². The number of ether oxygens (including phenoxy) is 1. The van der Waals surface area contributed by atoms with Gasteiger partial charge in [0.25, 0.3) is 0 Å². The van der Waals surface area contributed by atoms with Crippen LogP contribution in [0.25, 0.3) is 0 Å². The highest BCUT2D eigenvalue weighted by atomic mass is 16.5. The van der Waals surface area contributed by atoms with Crippen LogP contribution in [0.2, 0.25) is 0 Å². The molecule has 0 bridgehead atoms. The van der Waals surface area contributed by atoms with E-state index in [-0.39, 0.29) is 11.9 Å². The highest BCUT2D eigenvalue weighted by molar-refractivity contribution is 5.80. The van der Waals surface area contributed by atoms with Gasteiger partial charge in [-0.1, -0.05) is 0 Å². The molecule has 3 heteroatoms. The van der Waals surface area contributed by atoms with Crippen molar-refractivity contribution in [3.8, 4) is 6.07 Å². The van der Waals surface area contributed by atoms with Crippen molar-refractivity contribution in [3.05, 3.63) is 0 Å². The van der Waals surface area contributed by atoms with E-state index in [2.05, 4.69) is 6.07 Å². The van der Waals surface area contributed by atoms with E-state index in [4.69, 9.17) is 10.00 Å². The van der Waals surface area contributed by atoms with Crippen LogP contribution < -0.4 is 0 Å². The van der Waals surface area contributed by atoms with Crippen LogP contribution in [-0.2, 0) is 9.53 Å². The van der Waals surface area contributed by atoms with Crippen molar-refractivity contribution < 1.29 is 9.53 Å². The van der Waals surface area contributed by atoms with Crippen LogP contribution in [0.1, 0.15) is 26.7 Å². The van der Waals surface area contributed by atoms with Gasteiger partial charge in [-0.15, -0.1) is 0 Å². The van der Waals surface area contributed by atoms with E-state index in [0.717, 1.165) is 12.8 Å². The second-order valence-electron chi connectivity index (χ2n) is 3.31. The van der Waals surface area contributed by atoms with Crippen LogP contribution in [0, 0.1) is 22.7 Å². The summed E-state index contributed by atoms with van der Waals surface area (Å²) in [5, 5.41) is 8.84. The number of nitriles is 1. The van der Waals surface area contributed by atoms with Crippen molar-refractivity contribution in [2.45, 2.75) is 26.7 Å². The number of hydrogen-bond donors (Lipinski definition) is 0. The Morgan fingerprint density at radius 3 is 2.67 bits per heavy atom. The average molecular weight is 167 g/mol. The molecule has 0 heterocycles. The van der Waals surface area contributed by atoms with Crippen LogP contribution in [-0.4, -0.2) is 12.6 Å². The summed E-state index contributed by atoms with van der Waals surface area (Å²) in [4.78, 5) is 11.3. The van der Waals surface area contributed by atoms with Gasteiger partial charge in [0.05, 0.1) is 12.7 Å². The molecule has 0 aromatic rings. The molecule has 1 aliphatic carbocycles. The van der Waals surface area contributed by atoms with Crippen LogP contribution in [0.4, 0.5) is 0 Å². The average Bonchev–Trinajstić information content (AvgIpc) is 2.86. The maximum Gasteiger partial charge on any atom is 0.326 e. The molecule has 1 fully saturated rings. The summed E-state index contributed by atoms with van der Waals surface area (Å²) in [6, 6.07) is 2.05. The number of hydrogen-bond acceptors (Lipinski definition) is 3. The van der Waals surface area contributed by atoms with Gasteiger partial charge in [0.15, 0.2) is 5.41 Å². The Morgan fingerprint density at radius 2 is 2.33 bits per heavy atom. The molecule has 1 atom stereocenters. The Kier molecular flexibility index (Phi) is 2.37. The van der Waals surface area contributed by atoms with Crippen LogP contribution in [0.15, 0.2) is 0 Å². The van der Waals surface area contributed by atoms with Crippen LogP contribution in [0.3, 0.4) is 0 Å². The summed E-state index contributed by atoms with van der Waals surface area (Å²) in [6.07, 6.45) is 1.95. The third kappa shape index (κ3) is 1.42. The molecule has 3 nitrogen and oxygen atoms in total. The second-order valence-corrected chi connectivity index (χ2v) is 3.31. The zero-order valence-electron chi connectivity index (χ0n) is 7.46. The summed E-state index contributed by atoms with van der Waals surface area (Å²) in [6.45, 7) is 3.77. The molecule has 0 saturated heterocycles. The van der Waals surface area contributed by atoms with Crippen molar-refractivity contribution >= 4 is 5.97 Å². The predicted octanol–water partition coefficient (Wildman–Crippen LogP) is 1.49. The minimum Gasteiger partial charge on any atom is -0.465 e. The molecular formula is C9H13NO2. The SMILES string of the molecule is CCOC(=O)C(C)(C#N)C1CC1. The van der Waals surface area contributed by atoms with Gasteiger partial charge >= 0.3 is 5.97 Å². The summed E-state index contributed by atoms with van der Waals surface area (Å²) in [5.41, 5.74) is -0.893. The van der Waals surface area contributed by atoms with Gasteiger partial charge in [-0.05, 0) is 32.6 Å². The fourth-order valence-corrected chi connectivity index (χ4v) is 1.25. The maximum absolute atomic E-state index is 11.3. The minimum absolute atomic E-state index is 0.224. The largest absolute Gasteiger partial charge is 0.465 e. The van der Waals surface area contributed by atoms with E-state index in [1.54, 1.807) is 13.8 Å². The normalized spacial score (nSPS) is 20.8. The minimum atomic E-state index is -0.893.